The van der Waals surface area contributed by atoms with E-state index in [4.69, 9.17) is 0 Å². The monoisotopic (exact) mass is 402 g/mol. The average molecular weight is 403 g/mol. The Morgan fingerprint density at radius 3 is 2.47 bits per heavy atom. The maximum absolute atomic E-state index is 12.8. The Morgan fingerprint density at radius 1 is 1.03 bits per heavy atom. The van der Waals surface area contributed by atoms with E-state index in [1.807, 2.05) is 67.5 Å². The minimum absolute atomic E-state index is 0.0543. The molecule has 1 saturated heterocycles. The van der Waals surface area contributed by atoms with Crippen LogP contribution in [0.5, 0.6) is 0 Å². The van der Waals surface area contributed by atoms with E-state index in [0.717, 1.165) is 47.8 Å². The molecule has 1 aromatic carbocycles. The van der Waals surface area contributed by atoms with Crippen LogP contribution in [0.2, 0.25) is 0 Å². The molecular weight excluding hydrogens is 376 g/mol. The lowest BCUT2D eigenvalue weighted by molar-refractivity contribution is -0.120. The molecule has 1 fully saturated rings. The van der Waals surface area contributed by atoms with Gasteiger partial charge in [0.1, 0.15) is 0 Å². The molecule has 1 unspecified atom stereocenters. The molecular formula is C23H26N6O. The van der Waals surface area contributed by atoms with Crippen LogP contribution in [-0.4, -0.2) is 48.3 Å². The summed E-state index contributed by atoms with van der Waals surface area (Å²) in [6.45, 7) is 1.52. The Labute approximate surface area is 176 Å². The number of rotatable bonds is 5. The van der Waals surface area contributed by atoms with E-state index in [-0.39, 0.29) is 11.8 Å². The molecule has 0 spiro atoms. The van der Waals surface area contributed by atoms with Crippen LogP contribution in [0.15, 0.2) is 60.9 Å². The predicted octanol–water partition coefficient (Wildman–Crippen LogP) is 3.46. The molecule has 3 aromatic rings. The number of carbonyl (C=O) groups excluding carboxylic acids is 1. The second-order valence-corrected chi connectivity index (χ2v) is 7.73. The number of aromatic nitrogens is 3. The second-order valence-electron chi connectivity index (χ2n) is 7.73. The van der Waals surface area contributed by atoms with Crippen molar-refractivity contribution in [1.82, 2.24) is 15.2 Å². The fourth-order valence-electron chi connectivity index (χ4n) is 3.66. The van der Waals surface area contributed by atoms with Gasteiger partial charge in [-0.2, -0.15) is 0 Å². The average Bonchev–Trinajstić information content (AvgIpc) is 2.80. The molecule has 7 nitrogen and oxygen atoms in total. The standard InChI is InChI=1S/C23H26N6O/c1-28(2)20-7-5-19(6-8-20)25-23(30)18-4-3-15-29(16-18)22-10-9-21(26-27-22)17-11-13-24-14-12-17/h5-14,18H,3-4,15-16H2,1-2H3,(H,25,30). The minimum Gasteiger partial charge on any atom is -0.378 e. The van der Waals surface area contributed by atoms with Gasteiger partial charge in [0, 0.05) is 56.5 Å². The first kappa shape index (κ1) is 19.8. The molecule has 1 aliphatic rings. The molecule has 1 atom stereocenters. The number of anilines is 3. The molecule has 0 aliphatic carbocycles. The number of nitrogens with one attached hydrogen (secondary N) is 1. The fraction of sp³-hybridized carbons (Fsp3) is 0.304. The lowest BCUT2D eigenvalue weighted by atomic mass is 9.97. The Bertz CT molecular complexity index is 973. The summed E-state index contributed by atoms with van der Waals surface area (Å²) in [6.07, 6.45) is 5.31. The maximum atomic E-state index is 12.8. The minimum atomic E-state index is -0.0750. The molecule has 4 rings (SSSR count). The fourth-order valence-corrected chi connectivity index (χ4v) is 3.66. The summed E-state index contributed by atoms with van der Waals surface area (Å²) in [7, 11) is 3.99. The smallest absolute Gasteiger partial charge is 0.229 e. The number of piperidine rings is 1. The van der Waals surface area contributed by atoms with Gasteiger partial charge in [-0.1, -0.05) is 0 Å². The van der Waals surface area contributed by atoms with Crippen molar-refractivity contribution in [3.05, 3.63) is 60.9 Å². The maximum Gasteiger partial charge on any atom is 0.229 e. The number of carbonyl (C=O) groups is 1. The van der Waals surface area contributed by atoms with Gasteiger partial charge in [-0.25, -0.2) is 0 Å². The van der Waals surface area contributed by atoms with Gasteiger partial charge in [-0.05, 0) is 61.4 Å². The number of pyridine rings is 1. The first-order valence-electron chi connectivity index (χ1n) is 10.2. The number of hydrogen-bond acceptors (Lipinski definition) is 6. The van der Waals surface area contributed by atoms with Gasteiger partial charge >= 0.3 is 0 Å². The largest absolute Gasteiger partial charge is 0.378 e. The SMILES string of the molecule is CN(C)c1ccc(NC(=O)C2CCCN(c3ccc(-c4ccncc4)nn3)C2)cc1. The normalized spacial score (nSPS) is 16.2. The summed E-state index contributed by atoms with van der Waals surface area (Å²) in [5, 5.41) is 11.8. The van der Waals surface area contributed by atoms with E-state index in [9.17, 15) is 4.79 Å². The van der Waals surface area contributed by atoms with Crippen LogP contribution in [-0.2, 0) is 4.79 Å². The van der Waals surface area contributed by atoms with Gasteiger partial charge in [0.2, 0.25) is 5.91 Å². The van der Waals surface area contributed by atoms with Gasteiger partial charge in [0.25, 0.3) is 0 Å². The third-order valence-corrected chi connectivity index (χ3v) is 5.39. The van der Waals surface area contributed by atoms with E-state index >= 15 is 0 Å². The summed E-state index contributed by atoms with van der Waals surface area (Å²) in [4.78, 5) is 21.0. The molecule has 3 heterocycles. The first-order valence-corrected chi connectivity index (χ1v) is 10.2. The van der Waals surface area contributed by atoms with Crippen molar-refractivity contribution in [1.29, 1.82) is 0 Å². The Kier molecular flexibility index (Phi) is 5.88. The third-order valence-electron chi connectivity index (χ3n) is 5.39. The third kappa shape index (κ3) is 4.56. The van der Waals surface area contributed by atoms with Gasteiger partial charge in [0.05, 0.1) is 11.6 Å². The van der Waals surface area contributed by atoms with Crippen LogP contribution in [0.1, 0.15) is 12.8 Å². The molecule has 2 aromatic heterocycles. The molecule has 154 valence electrons. The van der Waals surface area contributed by atoms with Crippen LogP contribution < -0.4 is 15.1 Å². The number of hydrogen-bond donors (Lipinski definition) is 1. The van der Waals surface area contributed by atoms with Crippen molar-refractivity contribution >= 4 is 23.1 Å². The van der Waals surface area contributed by atoms with Gasteiger partial charge in [-0.3, -0.25) is 9.78 Å². The van der Waals surface area contributed by atoms with Crippen LogP contribution >= 0.6 is 0 Å². The van der Waals surface area contributed by atoms with Crippen molar-refractivity contribution < 1.29 is 4.79 Å². The zero-order valence-electron chi connectivity index (χ0n) is 17.3. The van der Waals surface area contributed by atoms with Crippen molar-refractivity contribution in [3.8, 4) is 11.3 Å². The molecule has 7 heteroatoms. The zero-order chi connectivity index (χ0) is 20.9. The zero-order valence-corrected chi connectivity index (χ0v) is 17.3. The number of benzene rings is 1. The van der Waals surface area contributed by atoms with Gasteiger partial charge < -0.3 is 15.1 Å². The van der Waals surface area contributed by atoms with Crippen LogP contribution in [0.3, 0.4) is 0 Å². The molecule has 1 aliphatic heterocycles. The van der Waals surface area contributed by atoms with Gasteiger partial charge in [0.15, 0.2) is 5.82 Å². The number of amides is 1. The summed E-state index contributed by atoms with van der Waals surface area (Å²) >= 11 is 0. The molecule has 30 heavy (non-hydrogen) atoms. The van der Waals surface area contributed by atoms with Crippen molar-refractivity contribution in [2.75, 3.05) is 42.3 Å². The Balaban J connectivity index is 1.39. The van der Waals surface area contributed by atoms with Crippen molar-refractivity contribution in [2.24, 2.45) is 5.92 Å². The van der Waals surface area contributed by atoms with Crippen molar-refractivity contribution in [3.63, 3.8) is 0 Å². The highest BCUT2D eigenvalue weighted by Crippen LogP contribution is 2.24. The van der Waals surface area contributed by atoms with Crippen molar-refractivity contribution in [2.45, 2.75) is 12.8 Å². The second kappa shape index (κ2) is 8.90. The van der Waals surface area contributed by atoms with Gasteiger partial charge in [-0.15, -0.1) is 10.2 Å². The summed E-state index contributed by atoms with van der Waals surface area (Å²) in [6, 6.07) is 15.7. The van der Waals surface area contributed by atoms with E-state index < -0.39 is 0 Å². The highest BCUT2D eigenvalue weighted by atomic mass is 16.1. The molecule has 0 radical (unpaired) electrons. The molecule has 1 N–H and O–H groups in total. The molecule has 1 amide bonds. The highest BCUT2D eigenvalue weighted by molar-refractivity contribution is 5.93. The highest BCUT2D eigenvalue weighted by Gasteiger charge is 2.27. The van der Waals surface area contributed by atoms with Crippen LogP contribution in [0.4, 0.5) is 17.2 Å². The van der Waals surface area contributed by atoms with E-state index in [1.54, 1.807) is 12.4 Å². The summed E-state index contributed by atoms with van der Waals surface area (Å²) < 4.78 is 0. The first-order chi connectivity index (χ1) is 14.6. The van der Waals surface area contributed by atoms with Crippen LogP contribution in [0, 0.1) is 5.92 Å². The predicted molar refractivity (Wildman–Crippen MR) is 120 cm³/mol. The lowest BCUT2D eigenvalue weighted by Gasteiger charge is -2.32. The molecule has 0 bridgehead atoms. The summed E-state index contributed by atoms with van der Waals surface area (Å²) in [5.74, 6) is 0.785. The van der Waals surface area contributed by atoms with E-state index in [1.165, 1.54) is 0 Å². The van der Waals surface area contributed by atoms with Crippen LogP contribution in [0.25, 0.3) is 11.3 Å². The lowest BCUT2D eigenvalue weighted by Crippen LogP contribution is -2.41. The Hall–Kier alpha value is -3.48. The summed E-state index contributed by atoms with van der Waals surface area (Å²) in [5.41, 5.74) is 3.73. The topological polar surface area (TPSA) is 74.2 Å². The quantitative estimate of drug-likeness (QED) is 0.705. The van der Waals surface area contributed by atoms with E-state index in [0.29, 0.717) is 6.54 Å². The Morgan fingerprint density at radius 2 is 1.80 bits per heavy atom. The van der Waals surface area contributed by atoms with E-state index in [2.05, 4.69) is 25.4 Å². The number of nitrogens with zero attached hydrogens (tertiary/aromatic N) is 5. The molecule has 0 saturated carbocycles.